The van der Waals surface area contributed by atoms with Crippen molar-refractivity contribution in [3.05, 3.63) is 87.8 Å². The number of carbonyl (C=O) groups excluding carboxylic acids is 2. The zero-order chi connectivity index (χ0) is 22.5. The molecule has 0 saturated heterocycles. The van der Waals surface area contributed by atoms with Crippen LogP contribution in [0.25, 0.3) is 5.65 Å². The smallest absolute Gasteiger partial charge is 0.271 e. The molecule has 2 N–H and O–H groups in total. The van der Waals surface area contributed by atoms with E-state index in [0.29, 0.717) is 27.7 Å². The molecule has 11 heteroatoms. The first-order valence-electron chi connectivity index (χ1n) is 9.60. The quantitative estimate of drug-likeness (QED) is 0.402. The van der Waals surface area contributed by atoms with E-state index < -0.39 is 0 Å². The van der Waals surface area contributed by atoms with Gasteiger partial charge in [-0.3, -0.25) is 14.6 Å². The molecule has 1 aromatic carbocycles. The standard InChI is InChI=1S/C21H17Cl2N7O2/c22-16-2-1-13(8-17(16)23)7-14-9-28-19-15(10-29-30(19)12-14)20(31)26-5-6-27-21(32)18-11-24-3-4-25-18/h1-4,8-12H,5-7H2,(H,26,31)(H,27,32). The van der Waals surface area contributed by atoms with Gasteiger partial charge in [-0.2, -0.15) is 5.10 Å². The molecule has 0 bridgehead atoms. The number of rotatable bonds is 7. The van der Waals surface area contributed by atoms with Crippen LogP contribution < -0.4 is 10.6 Å². The molecule has 32 heavy (non-hydrogen) atoms. The van der Waals surface area contributed by atoms with Crippen LogP contribution in [0.15, 0.2) is 55.4 Å². The molecule has 2 amide bonds. The monoisotopic (exact) mass is 469 g/mol. The fourth-order valence-electron chi connectivity index (χ4n) is 3.00. The van der Waals surface area contributed by atoms with Gasteiger partial charge in [0.1, 0.15) is 11.3 Å². The Kier molecular flexibility index (Phi) is 6.58. The van der Waals surface area contributed by atoms with Crippen molar-refractivity contribution in [1.82, 2.24) is 35.2 Å². The Bertz CT molecular complexity index is 1280. The third kappa shape index (κ3) is 5.01. The highest BCUT2D eigenvalue weighted by molar-refractivity contribution is 6.42. The SMILES string of the molecule is O=C(NCCNC(=O)c1cnn2cc(Cc3ccc(Cl)c(Cl)c3)cnc12)c1cnccn1. The third-order valence-electron chi connectivity index (χ3n) is 4.54. The van der Waals surface area contributed by atoms with Gasteiger partial charge in [0.25, 0.3) is 11.8 Å². The number of benzene rings is 1. The molecule has 3 aromatic heterocycles. The Morgan fingerprint density at radius 3 is 2.47 bits per heavy atom. The number of fused-ring (bicyclic) bond motifs is 1. The predicted octanol–water partition coefficient (Wildman–Crippen LogP) is 2.58. The lowest BCUT2D eigenvalue weighted by atomic mass is 10.1. The van der Waals surface area contributed by atoms with Crippen molar-refractivity contribution in [3.63, 3.8) is 0 Å². The van der Waals surface area contributed by atoms with Crippen LogP contribution in [0.5, 0.6) is 0 Å². The highest BCUT2D eigenvalue weighted by Crippen LogP contribution is 2.24. The summed E-state index contributed by atoms with van der Waals surface area (Å²) in [5.74, 6) is -0.696. The van der Waals surface area contributed by atoms with E-state index in [2.05, 4.69) is 30.7 Å². The summed E-state index contributed by atoms with van der Waals surface area (Å²) in [6.07, 6.45) is 9.84. The summed E-state index contributed by atoms with van der Waals surface area (Å²) in [6, 6.07) is 5.44. The average Bonchev–Trinajstić information content (AvgIpc) is 3.23. The van der Waals surface area contributed by atoms with E-state index in [0.717, 1.165) is 11.1 Å². The molecule has 9 nitrogen and oxygen atoms in total. The maximum absolute atomic E-state index is 12.5. The van der Waals surface area contributed by atoms with Gasteiger partial charge in [-0.15, -0.1) is 0 Å². The van der Waals surface area contributed by atoms with E-state index in [9.17, 15) is 9.59 Å². The van der Waals surface area contributed by atoms with E-state index in [1.54, 1.807) is 22.8 Å². The molecule has 0 saturated carbocycles. The highest BCUT2D eigenvalue weighted by atomic mass is 35.5. The zero-order valence-corrected chi connectivity index (χ0v) is 18.1. The topological polar surface area (TPSA) is 114 Å². The van der Waals surface area contributed by atoms with Crippen molar-refractivity contribution in [2.45, 2.75) is 6.42 Å². The van der Waals surface area contributed by atoms with Crippen LogP contribution in [-0.4, -0.2) is 49.5 Å². The van der Waals surface area contributed by atoms with Crippen molar-refractivity contribution in [1.29, 1.82) is 0 Å². The number of halogens is 2. The van der Waals surface area contributed by atoms with Crippen LogP contribution in [0.2, 0.25) is 10.0 Å². The molecule has 4 rings (SSSR count). The minimum Gasteiger partial charge on any atom is -0.350 e. The molecule has 0 atom stereocenters. The molecule has 162 valence electrons. The van der Waals surface area contributed by atoms with Crippen molar-refractivity contribution in [2.24, 2.45) is 0 Å². The average molecular weight is 470 g/mol. The summed E-state index contributed by atoms with van der Waals surface area (Å²) in [4.78, 5) is 36.6. The van der Waals surface area contributed by atoms with E-state index in [4.69, 9.17) is 23.2 Å². The molecule has 0 fully saturated rings. The Morgan fingerprint density at radius 2 is 1.72 bits per heavy atom. The highest BCUT2D eigenvalue weighted by Gasteiger charge is 2.14. The van der Waals surface area contributed by atoms with E-state index in [-0.39, 0.29) is 30.6 Å². The van der Waals surface area contributed by atoms with Crippen molar-refractivity contribution >= 4 is 40.7 Å². The Morgan fingerprint density at radius 1 is 0.906 bits per heavy atom. The largest absolute Gasteiger partial charge is 0.350 e. The first kappa shape index (κ1) is 21.7. The maximum Gasteiger partial charge on any atom is 0.271 e. The van der Waals surface area contributed by atoms with Crippen LogP contribution >= 0.6 is 23.2 Å². The Balaban J connectivity index is 1.35. The maximum atomic E-state index is 12.5. The molecule has 0 aliphatic heterocycles. The lowest BCUT2D eigenvalue weighted by Crippen LogP contribution is -2.35. The number of hydrogen-bond donors (Lipinski definition) is 2. The summed E-state index contributed by atoms with van der Waals surface area (Å²) in [7, 11) is 0. The summed E-state index contributed by atoms with van der Waals surface area (Å²) < 4.78 is 1.55. The molecule has 3 heterocycles. The van der Waals surface area contributed by atoms with Gasteiger partial charge in [0.15, 0.2) is 5.65 Å². The van der Waals surface area contributed by atoms with Gasteiger partial charge < -0.3 is 10.6 Å². The Labute approximate surface area is 192 Å². The first-order valence-corrected chi connectivity index (χ1v) is 10.4. The fraction of sp³-hybridized carbons (Fsp3) is 0.143. The molecule has 0 spiro atoms. The molecule has 0 unspecified atom stereocenters. The Hall–Kier alpha value is -3.56. The molecule has 0 radical (unpaired) electrons. The second kappa shape index (κ2) is 9.71. The van der Waals surface area contributed by atoms with Gasteiger partial charge in [0, 0.05) is 44.3 Å². The minimum atomic E-state index is -0.362. The summed E-state index contributed by atoms with van der Waals surface area (Å²) >= 11 is 12.0. The molecular weight excluding hydrogens is 453 g/mol. The zero-order valence-electron chi connectivity index (χ0n) is 16.6. The number of aromatic nitrogens is 5. The summed E-state index contributed by atoms with van der Waals surface area (Å²) in [5, 5.41) is 10.6. The third-order valence-corrected chi connectivity index (χ3v) is 5.28. The number of amides is 2. The van der Waals surface area contributed by atoms with Crippen LogP contribution in [0.3, 0.4) is 0 Å². The van der Waals surface area contributed by atoms with Crippen LogP contribution in [0.1, 0.15) is 32.0 Å². The van der Waals surface area contributed by atoms with Crippen LogP contribution in [0, 0.1) is 0 Å². The van der Waals surface area contributed by atoms with Gasteiger partial charge in [-0.25, -0.2) is 14.5 Å². The second-order valence-corrected chi connectivity index (χ2v) is 7.63. The van der Waals surface area contributed by atoms with E-state index >= 15 is 0 Å². The molecule has 0 aliphatic rings. The van der Waals surface area contributed by atoms with Gasteiger partial charge in [-0.1, -0.05) is 29.3 Å². The predicted molar refractivity (Wildman–Crippen MR) is 119 cm³/mol. The summed E-state index contributed by atoms with van der Waals surface area (Å²) in [6.45, 7) is 0.471. The van der Waals surface area contributed by atoms with Crippen molar-refractivity contribution in [3.8, 4) is 0 Å². The molecule has 4 aromatic rings. The van der Waals surface area contributed by atoms with Gasteiger partial charge in [0.05, 0.1) is 22.4 Å². The number of carbonyl (C=O) groups is 2. The molecular formula is C21H17Cl2N7O2. The van der Waals surface area contributed by atoms with E-state index in [1.165, 1.54) is 24.8 Å². The lowest BCUT2D eigenvalue weighted by molar-refractivity contribution is 0.0925. The number of nitrogens with one attached hydrogen (secondary N) is 2. The van der Waals surface area contributed by atoms with Gasteiger partial charge in [-0.05, 0) is 23.3 Å². The van der Waals surface area contributed by atoms with Gasteiger partial charge >= 0.3 is 0 Å². The lowest BCUT2D eigenvalue weighted by Gasteiger charge is -2.06. The van der Waals surface area contributed by atoms with Crippen molar-refractivity contribution < 1.29 is 9.59 Å². The van der Waals surface area contributed by atoms with Crippen LogP contribution in [-0.2, 0) is 6.42 Å². The second-order valence-electron chi connectivity index (χ2n) is 6.82. The fourth-order valence-corrected chi connectivity index (χ4v) is 3.33. The molecule has 0 aliphatic carbocycles. The van der Waals surface area contributed by atoms with Gasteiger partial charge in [0.2, 0.25) is 0 Å². The number of nitrogens with zero attached hydrogens (tertiary/aromatic N) is 5. The minimum absolute atomic E-state index is 0.210. The van der Waals surface area contributed by atoms with Crippen molar-refractivity contribution in [2.75, 3.05) is 13.1 Å². The van der Waals surface area contributed by atoms with E-state index in [1.807, 2.05) is 12.3 Å². The summed E-state index contributed by atoms with van der Waals surface area (Å²) in [5.41, 5.74) is 2.87. The first-order chi connectivity index (χ1) is 15.5. The number of hydrogen-bond acceptors (Lipinski definition) is 6. The van der Waals surface area contributed by atoms with Crippen LogP contribution in [0.4, 0.5) is 0 Å². The normalized spacial score (nSPS) is 10.8.